The number of benzene rings is 1. The first-order valence-corrected chi connectivity index (χ1v) is 12.7. The highest BCUT2D eigenvalue weighted by Gasteiger charge is 2.32. The number of fused-ring (bicyclic) bond motifs is 1. The molecule has 2 heterocycles. The lowest BCUT2D eigenvalue weighted by atomic mass is 9.97. The van der Waals surface area contributed by atoms with Gasteiger partial charge in [-0.1, -0.05) is 6.92 Å². The maximum atomic E-state index is 13.1. The number of nitrogens with one attached hydrogen (secondary N) is 1. The number of carbonyl (C=O) groups excluding carboxylic acids is 1. The Morgan fingerprint density at radius 3 is 2.52 bits per heavy atom. The number of ether oxygens (including phenoxy) is 2. The number of nitrogens with zero attached hydrogens (tertiary/aromatic N) is 2. The highest BCUT2D eigenvalue weighted by molar-refractivity contribution is 7.89. The average molecular weight is 454 g/mol. The summed E-state index contributed by atoms with van der Waals surface area (Å²) < 4.78 is 38.9. The normalized spacial score (nSPS) is 18.2. The first kappa shape index (κ1) is 23.8. The van der Waals surface area contributed by atoms with E-state index in [0.717, 1.165) is 19.5 Å². The quantitative estimate of drug-likeness (QED) is 0.649. The summed E-state index contributed by atoms with van der Waals surface area (Å²) in [5.41, 5.74) is 0. The fourth-order valence-electron chi connectivity index (χ4n) is 4.06. The second-order valence-electron chi connectivity index (χ2n) is 8.35. The summed E-state index contributed by atoms with van der Waals surface area (Å²) in [7, 11) is -3.64. The maximum absolute atomic E-state index is 13.1. The van der Waals surface area contributed by atoms with Gasteiger partial charge in [0.1, 0.15) is 0 Å². The summed E-state index contributed by atoms with van der Waals surface area (Å²) in [6.45, 7) is 10.5. The zero-order chi connectivity index (χ0) is 22.4. The van der Waals surface area contributed by atoms with Gasteiger partial charge in [0, 0.05) is 50.6 Å². The molecule has 0 unspecified atom stereocenters. The fourth-order valence-corrected chi connectivity index (χ4v) is 5.55. The second kappa shape index (κ2) is 10.7. The van der Waals surface area contributed by atoms with E-state index < -0.39 is 10.0 Å². The fraction of sp³-hybridized carbons (Fsp3) is 0.682. The number of carbonyl (C=O) groups is 1. The van der Waals surface area contributed by atoms with Gasteiger partial charge in [-0.25, -0.2) is 8.42 Å². The first-order valence-electron chi connectivity index (χ1n) is 11.2. The molecule has 0 aromatic heterocycles. The Morgan fingerprint density at radius 2 is 1.87 bits per heavy atom. The highest BCUT2D eigenvalue weighted by atomic mass is 32.2. The van der Waals surface area contributed by atoms with Gasteiger partial charge in [-0.2, -0.15) is 4.31 Å². The third kappa shape index (κ3) is 5.90. The van der Waals surface area contributed by atoms with Crippen molar-refractivity contribution in [3.05, 3.63) is 18.2 Å². The molecule has 2 aliphatic heterocycles. The maximum Gasteiger partial charge on any atom is 0.243 e. The Balaban J connectivity index is 1.54. The molecule has 9 heteroatoms. The zero-order valence-corrected chi connectivity index (χ0v) is 19.6. The second-order valence-corrected chi connectivity index (χ2v) is 10.3. The molecule has 0 aliphatic carbocycles. The van der Waals surface area contributed by atoms with Gasteiger partial charge in [0.25, 0.3) is 0 Å². The summed E-state index contributed by atoms with van der Waals surface area (Å²) in [5.74, 6) is 0.915. The van der Waals surface area contributed by atoms with E-state index in [1.54, 1.807) is 18.2 Å². The van der Waals surface area contributed by atoms with Crippen LogP contribution in [0.4, 0.5) is 0 Å². The van der Waals surface area contributed by atoms with Crippen LogP contribution in [-0.2, 0) is 14.8 Å². The van der Waals surface area contributed by atoms with Crippen LogP contribution in [0.5, 0.6) is 11.5 Å². The number of hydrogen-bond donors (Lipinski definition) is 1. The van der Waals surface area contributed by atoms with Crippen molar-refractivity contribution in [1.29, 1.82) is 0 Å². The molecule has 1 saturated heterocycles. The lowest BCUT2D eigenvalue weighted by Crippen LogP contribution is -2.44. The molecular formula is C22H35N3O5S. The SMILES string of the molecule is CCN(CCNC(=O)C1CCN(S(=O)(=O)c2ccc3c(c2)OCCCO3)CC1)C(C)C. The molecule has 1 N–H and O–H groups in total. The molecule has 31 heavy (non-hydrogen) atoms. The van der Waals surface area contributed by atoms with Crippen molar-refractivity contribution in [3.8, 4) is 11.5 Å². The minimum atomic E-state index is -3.64. The molecule has 1 amide bonds. The lowest BCUT2D eigenvalue weighted by molar-refractivity contribution is -0.126. The monoisotopic (exact) mass is 453 g/mol. The van der Waals surface area contributed by atoms with Gasteiger partial charge in [0.05, 0.1) is 18.1 Å². The number of sulfonamides is 1. The topological polar surface area (TPSA) is 88.2 Å². The van der Waals surface area contributed by atoms with Crippen LogP contribution in [0, 0.1) is 5.92 Å². The minimum absolute atomic E-state index is 0.0208. The molecule has 2 aliphatic rings. The van der Waals surface area contributed by atoms with E-state index in [4.69, 9.17) is 9.47 Å². The van der Waals surface area contributed by atoms with E-state index in [1.165, 1.54) is 4.31 Å². The summed E-state index contributed by atoms with van der Waals surface area (Å²) in [5, 5.41) is 3.02. The van der Waals surface area contributed by atoms with Gasteiger partial charge >= 0.3 is 0 Å². The minimum Gasteiger partial charge on any atom is -0.490 e. The molecule has 0 spiro atoms. The number of piperidine rings is 1. The van der Waals surface area contributed by atoms with Crippen LogP contribution >= 0.6 is 0 Å². The molecule has 0 atom stereocenters. The molecule has 8 nitrogen and oxygen atoms in total. The molecule has 0 radical (unpaired) electrons. The smallest absolute Gasteiger partial charge is 0.243 e. The molecule has 0 saturated carbocycles. The average Bonchev–Trinajstić information content (AvgIpc) is 3.01. The van der Waals surface area contributed by atoms with Gasteiger partial charge in [-0.15, -0.1) is 0 Å². The molecule has 1 aromatic carbocycles. The number of hydrogen-bond acceptors (Lipinski definition) is 6. The van der Waals surface area contributed by atoms with Crippen molar-refractivity contribution in [3.63, 3.8) is 0 Å². The molecular weight excluding hydrogens is 418 g/mol. The van der Waals surface area contributed by atoms with Crippen molar-refractivity contribution in [2.24, 2.45) is 5.92 Å². The van der Waals surface area contributed by atoms with Crippen LogP contribution in [0.25, 0.3) is 0 Å². The highest BCUT2D eigenvalue weighted by Crippen LogP contribution is 2.33. The third-order valence-corrected chi connectivity index (χ3v) is 7.91. The van der Waals surface area contributed by atoms with Gasteiger partial charge in [-0.3, -0.25) is 9.69 Å². The molecule has 1 fully saturated rings. The van der Waals surface area contributed by atoms with Crippen LogP contribution in [0.2, 0.25) is 0 Å². The third-order valence-electron chi connectivity index (χ3n) is 6.02. The van der Waals surface area contributed by atoms with Crippen molar-refractivity contribution < 1.29 is 22.7 Å². The van der Waals surface area contributed by atoms with E-state index in [1.807, 2.05) is 0 Å². The summed E-state index contributed by atoms with van der Waals surface area (Å²) in [4.78, 5) is 15.0. The van der Waals surface area contributed by atoms with Gasteiger partial charge in [0.15, 0.2) is 11.5 Å². The summed E-state index contributed by atoms with van der Waals surface area (Å²) in [6.07, 6.45) is 1.81. The van der Waals surface area contributed by atoms with Crippen molar-refractivity contribution in [1.82, 2.24) is 14.5 Å². The Kier molecular flexibility index (Phi) is 8.18. The van der Waals surface area contributed by atoms with Crippen LogP contribution < -0.4 is 14.8 Å². The summed E-state index contributed by atoms with van der Waals surface area (Å²) >= 11 is 0. The van der Waals surface area contributed by atoms with E-state index in [9.17, 15) is 13.2 Å². The zero-order valence-electron chi connectivity index (χ0n) is 18.8. The summed E-state index contributed by atoms with van der Waals surface area (Å²) in [6, 6.07) is 5.21. The van der Waals surface area contributed by atoms with Gasteiger partial charge in [0.2, 0.25) is 15.9 Å². The molecule has 1 aromatic rings. The van der Waals surface area contributed by atoms with Crippen molar-refractivity contribution >= 4 is 15.9 Å². The van der Waals surface area contributed by atoms with Crippen molar-refractivity contribution in [2.45, 2.75) is 51.0 Å². The standard InChI is InChI=1S/C22H35N3O5S/c1-4-24(17(2)3)13-10-23-22(26)18-8-11-25(12-9-18)31(27,28)19-6-7-20-21(16-19)30-15-5-14-29-20/h6-7,16-18H,4-5,8-15H2,1-3H3,(H,23,26). The van der Waals surface area contributed by atoms with Crippen molar-refractivity contribution in [2.75, 3.05) is 45.9 Å². The Labute approximate surface area is 185 Å². The molecule has 0 bridgehead atoms. The van der Waals surface area contributed by atoms with E-state index in [2.05, 4.69) is 31.0 Å². The van der Waals surface area contributed by atoms with Gasteiger partial charge in [-0.05, 0) is 45.4 Å². The van der Waals surface area contributed by atoms with Crippen LogP contribution in [-0.4, -0.2) is 75.5 Å². The predicted octanol–water partition coefficient (Wildman–Crippen LogP) is 2.10. The predicted molar refractivity (Wildman–Crippen MR) is 119 cm³/mol. The number of likely N-dealkylation sites (N-methyl/N-ethyl adjacent to an activating group) is 1. The lowest BCUT2D eigenvalue weighted by Gasteiger charge is -2.31. The van der Waals surface area contributed by atoms with E-state index in [0.29, 0.717) is 63.2 Å². The number of rotatable bonds is 8. The molecule has 3 rings (SSSR count). The first-order chi connectivity index (χ1) is 14.8. The van der Waals surface area contributed by atoms with Crippen LogP contribution in [0.1, 0.15) is 40.0 Å². The molecule has 174 valence electrons. The van der Waals surface area contributed by atoms with E-state index >= 15 is 0 Å². The van der Waals surface area contributed by atoms with E-state index in [-0.39, 0.29) is 16.7 Å². The number of amides is 1. The Morgan fingerprint density at radius 1 is 1.19 bits per heavy atom. The van der Waals surface area contributed by atoms with Crippen LogP contribution in [0.15, 0.2) is 23.1 Å². The van der Waals surface area contributed by atoms with Crippen LogP contribution in [0.3, 0.4) is 0 Å². The Hall–Kier alpha value is -1.84. The van der Waals surface area contributed by atoms with Gasteiger partial charge < -0.3 is 14.8 Å². The Bertz CT molecular complexity index is 851. The largest absolute Gasteiger partial charge is 0.490 e.